The maximum atomic E-state index is 11.4. The molecule has 1 rings (SSSR count). The summed E-state index contributed by atoms with van der Waals surface area (Å²) in [6.07, 6.45) is 0. The Balaban J connectivity index is 3.06. The van der Waals surface area contributed by atoms with Crippen LogP contribution in [0.1, 0.15) is 10.4 Å². The van der Waals surface area contributed by atoms with Crippen LogP contribution in [0.15, 0.2) is 18.2 Å². The molecular weight excluding hydrogens is 225 g/mol. The molecule has 0 saturated carbocycles. The van der Waals surface area contributed by atoms with Crippen molar-refractivity contribution in [2.45, 2.75) is 0 Å². The highest BCUT2D eigenvalue weighted by Crippen LogP contribution is 2.23. The zero-order valence-electron chi connectivity index (χ0n) is 6.97. The third kappa shape index (κ3) is 2.37. The molecule has 6 heteroatoms. The molecule has 0 atom stereocenters. The summed E-state index contributed by atoms with van der Waals surface area (Å²) in [6, 6.07) is 4.68. The lowest BCUT2D eigenvalue weighted by Crippen LogP contribution is -2.35. The predicted octanol–water partition coefficient (Wildman–Crippen LogP) is 1.62. The second-order valence-electron chi connectivity index (χ2n) is 2.46. The smallest absolute Gasteiger partial charge is 0.260 e. The van der Waals surface area contributed by atoms with Crippen LogP contribution in [0.3, 0.4) is 0 Å². The first-order valence-electron chi connectivity index (χ1n) is 3.61. The first kappa shape index (κ1) is 10.8. The van der Waals surface area contributed by atoms with Gasteiger partial charge in [-0.15, -0.1) is 0 Å². The summed E-state index contributed by atoms with van der Waals surface area (Å²) >= 11 is 11.5. The van der Waals surface area contributed by atoms with Crippen molar-refractivity contribution in [2.24, 2.45) is 5.73 Å². The molecule has 0 saturated heterocycles. The van der Waals surface area contributed by atoms with E-state index in [2.05, 4.69) is 5.32 Å². The first-order valence-corrected chi connectivity index (χ1v) is 4.37. The van der Waals surface area contributed by atoms with Crippen LogP contribution < -0.4 is 11.1 Å². The van der Waals surface area contributed by atoms with E-state index in [1.54, 1.807) is 6.07 Å². The van der Waals surface area contributed by atoms with Gasteiger partial charge in [-0.25, -0.2) is 0 Å². The topological polar surface area (TPSA) is 79.0 Å². The largest absolute Gasteiger partial charge is 0.370 e. The molecule has 0 aliphatic rings. The van der Waals surface area contributed by atoms with Crippen molar-refractivity contribution in [1.82, 2.24) is 5.32 Å². The Morgan fingerprint density at radius 3 is 2.29 bits per heavy atom. The molecule has 4 nitrogen and oxygen atoms in total. The molecule has 4 N–H and O–H groups in total. The summed E-state index contributed by atoms with van der Waals surface area (Å²) in [6.45, 7) is 0. The lowest BCUT2D eigenvalue weighted by atomic mass is 10.2. The molecule has 0 radical (unpaired) electrons. The molecule has 1 aromatic rings. The van der Waals surface area contributed by atoms with Crippen molar-refractivity contribution < 1.29 is 4.79 Å². The van der Waals surface area contributed by atoms with E-state index in [4.69, 9.17) is 34.3 Å². The summed E-state index contributed by atoms with van der Waals surface area (Å²) < 4.78 is 0. The molecule has 0 heterocycles. The Morgan fingerprint density at radius 1 is 1.36 bits per heavy atom. The number of guanidine groups is 1. The Hall–Kier alpha value is -1.26. The number of benzene rings is 1. The minimum Gasteiger partial charge on any atom is -0.370 e. The third-order valence-corrected chi connectivity index (χ3v) is 2.07. The third-order valence-electron chi connectivity index (χ3n) is 1.44. The monoisotopic (exact) mass is 231 g/mol. The van der Waals surface area contributed by atoms with E-state index >= 15 is 0 Å². The number of halogens is 2. The van der Waals surface area contributed by atoms with Gasteiger partial charge in [0.25, 0.3) is 5.91 Å². The van der Waals surface area contributed by atoms with Crippen LogP contribution >= 0.6 is 23.2 Å². The number of rotatable bonds is 1. The van der Waals surface area contributed by atoms with Gasteiger partial charge in [-0.2, -0.15) is 0 Å². The van der Waals surface area contributed by atoms with E-state index in [0.29, 0.717) is 0 Å². The minimum atomic E-state index is -0.590. The van der Waals surface area contributed by atoms with Crippen LogP contribution in [0.25, 0.3) is 0 Å². The Bertz CT molecular complexity index is 372. The number of hydrogen-bond acceptors (Lipinski definition) is 2. The molecule has 0 unspecified atom stereocenters. The zero-order chi connectivity index (χ0) is 10.7. The quantitative estimate of drug-likeness (QED) is 0.508. The van der Waals surface area contributed by atoms with Gasteiger partial charge in [0.15, 0.2) is 5.96 Å². The number of hydrogen-bond donors (Lipinski definition) is 3. The molecule has 0 aliphatic carbocycles. The van der Waals surface area contributed by atoms with Gasteiger partial charge in [0, 0.05) is 0 Å². The van der Waals surface area contributed by atoms with Crippen molar-refractivity contribution in [2.75, 3.05) is 0 Å². The summed E-state index contributed by atoms with van der Waals surface area (Å²) in [4.78, 5) is 11.4. The molecule has 0 bridgehead atoms. The predicted molar refractivity (Wildman–Crippen MR) is 55.8 cm³/mol. The van der Waals surface area contributed by atoms with E-state index in [0.717, 1.165) is 0 Å². The van der Waals surface area contributed by atoms with Gasteiger partial charge in [-0.3, -0.25) is 15.5 Å². The van der Waals surface area contributed by atoms with Gasteiger partial charge < -0.3 is 5.73 Å². The second-order valence-corrected chi connectivity index (χ2v) is 3.28. The molecule has 74 valence electrons. The maximum Gasteiger partial charge on any atom is 0.260 e. The highest BCUT2D eigenvalue weighted by atomic mass is 35.5. The maximum absolute atomic E-state index is 11.4. The fourth-order valence-electron chi connectivity index (χ4n) is 0.900. The van der Waals surface area contributed by atoms with Crippen molar-refractivity contribution in [1.29, 1.82) is 5.41 Å². The van der Waals surface area contributed by atoms with Gasteiger partial charge in [-0.1, -0.05) is 29.3 Å². The first-order chi connectivity index (χ1) is 6.52. The van der Waals surface area contributed by atoms with Crippen molar-refractivity contribution >= 4 is 35.1 Å². The Morgan fingerprint density at radius 2 is 1.86 bits per heavy atom. The minimum absolute atomic E-state index is 0.117. The molecule has 0 fully saturated rings. The van der Waals surface area contributed by atoms with Crippen molar-refractivity contribution in [3.05, 3.63) is 33.8 Å². The highest BCUT2D eigenvalue weighted by Gasteiger charge is 2.14. The molecule has 0 spiro atoms. The van der Waals surface area contributed by atoms with Crippen LogP contribution in [-0.2, 0) is 0 Å². The Labute approximate surface area is 90.5 Å². The fourth-order valence-corrected chi connectivity index (χ4v) is 1.47. The van der Waals surface area contributed by atoms with Gasteiger partial charge in [0.05, 0.1) is 15.6 Å². The van der Waals surface area contributed by atoms with Gasteiger partial charge in [0.1, 0.15) is 0 Å². The summed E-state index contributed by atoms with van der Waals surface area (Å²) in [7, 11) is 0. The van der Waals surface area contributed by atoms with Crippen LogP contribution in [0.4, 0.5) is 0 Å². The van der Waals surface area contributed by atoms with Crippen molar-refractivity contribution in [3.63, 3.8) is 0 Å². The van der Waals surface area contributed by atoms with E-state index in [1.165, 1.54) is 12.1 Å². The SMILES string of the molecule is N=C(N)NC(=O)c1c(Cl)cccc1Cl. The fraction of sp³-hybridized carbons (Fsp3) is 0. The summed E-state index contributed by atoms with van der Waals surface area (Å²) in [5.74, 6) is -1.04. The normalized spacial score (nSPS) is 9.57. The molecule has 0 aliphatic heterocycles. The number of carbonyl (C=O) groups is 1. The van der Waals surface area contributed by atoms with Crippen LogP contribution in [-0.4, -0.2) is 11.9 Å². The lowest BCUT2D eigenvalue weighted by Gasteiger charge is -2.06. The van der Waals surface area contributed by atoms with Crippen LogP contribution in [0.2, 0.25) is 10.0 Å². The van der Waals surface area contributed by atoms with Gasteiger partial charge >= 0.3 is 0 Å². The van der Waals surface area contributed by atoms with Crippen LogP contribution in [0.5, 0.6) is 0 Å². The van der Waals surface area contributed by atoms with Crippen LogP contribution in [0, 0.1) is 5.41 Å². The Kier molecular flexibility index (Phi) is 3.33. The standard InChI is InChI=1S/C8H7Cl2N3O/c9-4-2-1-3-5(10)6(4)7(14)13-8(11)12/h1-3H,(H4,11,12,13,14). The van der Waals surface area contributed by atoms with E-state index < -0.39 is 11.9 Å². The lowest BCUT2D eigenvalue weighted by molar-refractivity contribution is 0.0977. The zero-order valence-corrected chi connectivity index (χ0v) is 8.49. The molecule has 14 heavy (non-hydrogen) atoms. The van der Waals surface area contributed by atoms with E-state index in [9.17, 15) is 4.79 Å². The molecule has 1 aromatic carbocycles. The summed E-state index contributed by atoms with van der Waals surface area (Å²) in [5, 5.41) is 9.41. The number of carbonyl (C=O) groups excluding carboxylic acids is 1. The molecule has 1 amide bonds. The number of amides is 1. The van der Waals surface area contributed by atoms with E-state index in [1.807, 2.05) is 0 Å². The van der Waals surface area contributed by atoms with Gasteiger partial charge in [-0.05, 0) is 12.1 Å². The highest BCUT2D eigenvalue weighted by molar-refractivity contribution is 6.40. The average Bonchev–Trinajstić information content (AvgIpc) is 2.01. The number of nitrogens with two attached hydrogens (primary N) is 1. The summed E-state index contributed by atoms with van der Waals surface area (Å²) in [5.41, 5.74) is 5.11. The van der Waals surface area contributed by atoms with Crippen molar-refractivity contribution in [3.8, 4) is 0 Å². The van der Waals surface area contributed by atoms with Gasteiger partial charge in [0.2, 0.25) is 0 Å². The second kappa shape index (κ2) is 4.30. The van der Waals surface area contributed by atoms with E-state index in [-0.39, 0.29) is 15.6 Å². The average molecular weight is 232 g/mol. The molecule has 0 aromatic heterocycles. The molecular formula is C8H7Cl2N3O. The number of nitrogens with one attached hydrogen (secondary N) is 2.